The lowest BCUT2D eigenvalue weighted by atomic mass is 9.90. The van der Waals surface area contributed by atoms with Crippen LogP contribution in [0, 0.1) is 0 Å². The second kappa shape index (κ2) is 7.01. The van der Waals surface area contributed by atoms with Gasteiger partial charge < -0.3 is 19.1 Å². The SMILES string of the molecule is COc1ccccc1OCC(=O)N1CCO[C@H]2CCCC[C@H]21. The number of amides is 1. The van der Waals surface area contributed by atoms with Crippen molar-refractivity contribution in [2.24, 2.45) is 0 Å². The smallest absolute Gasteiger partial charge is 0.260 e. The molecular formula is C17H23NO4. The number of carbonyl (C=O) groups excluding carboxylic acids is 1. The maximum Gasteiger partial charge on any atom is 0.260 e. The van der Waals surface area contributed by atoms with E-state index in [0.29, 0.717) is 24.7 Å². The first kappa shape index (κ1) is 15.2. The Morgan fingerprint density at radius 3 is 2.86 bits per heavy atom. The number of rotatable bonds is 4. The molecular weight excluding hydrogens is 282 g/mol. The molecule has 1 saturated heterocycles. The highest BCUT2D eigenvalue weighted by Gasteiger charge is 2.36. The van der Waals surface area contributed by atoms with E-state index in [0.717, 1.165) is 12.8 Å². The highest BCUT2D eigenvalue weighted by molar-refractivity contribution is 5.78. The molecule has 0 bridgehead atoms. The molecule has 5 nitrogen and oxygen atoms in total. The van der Waals surface area contributed by atoms with E-state index in [1.54, 1.807) is 7.11 Å². The Labute approximate surface area is 131 Å². The lowest BCUT2D eigenvalue weighted by Gasteiger charge is -2.43. The maximum atomic E-state index is 12.5. The summed E-state index contributed by atoms with van der Waals surface area (Å²) < 4.78 is 16.7. The molecule has 120 valence electrons. The van der Waals surface area contributed by atoms with Gasteiger partial charge in [-0.05, 0) is 25.0 Å². The molecule has 22 heavy (non-hydrogen) atoms. The molecule has 0 N–H and O–H groups in total. The van der Waals surface area contributed by atoms with Gasteiger partial charge in [0, 0.05) is 6.54 Å². The fourth-order valence-corrected chi connectivity index (χ4v) is 3.37. The predicted octanol–water partition coefficient (Wildman–Crippen LogP) is 2.24. The van der Waals surface area contributed by atoms with Crippen molar-refractivity contribution in [1.82, 2.24) is 4.90 Å². The average Bonchev–Trinajstić information content (AvgIpc) is 2.59. The minimum absolute atomic E-state index is 0.0334. The van der Waals surface area contributed by atoms with Gasteiger partial charge in [0.1, 0.15) is 0 Å². The van der Waals surface area contributed by atoms with E-state index in [4.69, 9.17) is 14.2 Å². The summed E-state index contributed by atoms with van der Waals surface area (Å²) in [5, 5.41) is 0. The van der Waals surface area contributed by atoms with Crippen LogP contribution in [0.25, 0.3) is 0 Å². The third kappa shape index (κ3) is 3.19. The minimum Gasteiger partial charge on any atom is -0.493 e. The molecule has 0 unspecified atom stereocenters. The van der Waals surface area contributed by atoms with Gasteiger partial charge in [-0.3, -0.25) is 4.79 Å². The number of para-hydroxylation sites is 2. The molecule has 1 saturated carbocycles. The van der Waals surface area contributed by atoms with Crippen molar-refractivity contribution in [2.45, 2.75) is 37.8 Å². The molecule has 1 aliphatic heterocycles. The van der Waals surface area contributed by atoms with Crippen LogP contribution in [0.2, 0.25) is 0 Å². The molecule has 2 atom stereocenters. The zero-order chi connectivity index (χ0) is 15.4. The van der Waals surface area contributed by atoms with Gasteiger partial charge in [0.25, 0.3) is 5.91 Å². The van der Waals surface area contributed by atoms with Crippen molar-refractivity contribution in [3.63, 3.8) is 0 Å². The molecule has 1 heterocycles. The predicted molar refractivity (Wildman–Crippen MR) is 82.2 cm³/mol. The molecule has 2 fully saturated rings. The Balaban J connectivity index is 1.61. The van der Waals surface area contributed by atoms with Crippen molar-refractivity contribution in [2.75, 3.05) is 26.9 Å². The lowest BCUT2D eigenvalue weighted by molar-refractivity contribution is -0.151. The van der Waals surface area contributed by atoms with Crippen LogP contribution in [0.3, 0.4) is 0 Å². The van der Waals surface area contributed by atoms with Crippen LogP contribution in [0.4, 0.5) is 0 Å². The normalized spacial score (nSPS) is 24.5. The summed E-state index contributed by atoms with van der Waals surface area (Å²) in [6.07, 6.45) is 4.66. The Kier molecular flexibility index (Phi) is 4.83. The quantitative estimate of drug-likeness (QED) is 0.856. The van der Waals surface area contributed by atoms with Gasteiger partial charge in [0.2, 0.25) is 0 Å². The zero-order valence-corrected chi connectivity index (χ0v) is 13.0. The molecule has 5 heteroatoms. The monoisotopic (exact) mass is 305 g/mol. The molecule has 1 aromatic carbocycles. The summed E-state index contributed by atoms with van der Waals surface area (Å²) in [7, 11) is 1.60. The largest absolute Gasteiger partial charge is 0.493 e. The van der Waals surface area contributed by atoms with E-state index in [1.165, 1.54) is 12.8 Å². The summed E-state index contributed by atoms with van der Waals surface area (Å²) in [6.45, 7) is 1.33. The van der Waals surface area contributed by atoms with Crippen LogP contribution in [0.1, 0.15) is 25.7 Å². The highest BCUT2D eigenvalue weighted by atomic mass is 16.5. The first-order valence-corrected chi connectivity index (χ1v) is 7.96. The van der Waals surface area contributed by atoms with Crippen LogP contribution in [-0.4, -0.2) is 49.8 Å². The summed E-state index contributed by atoms with van der Waals surface area (Å²) in [6, 6.07) is 7.60. The molecule has 0 aromatic heterocycles. The van der Waals surface area contributed by atoms with Crippen LogP contribution in [-0.2, 0) is 9.53 Å². The summed E-state index contributed by atoms with van der Waals surface area (Å²) in [4.78, 5) is 14.5. The third-order valence-electron chi connectivity index (χ3n) is 4.47. The first-order valence-electron chi connectivity index (χ1n) is 7.96. The Bertz CT molecular complexity index is 517. The Hall–Kier alpha value is -1.75. The fraction of sp³-hybridized carbons (Fsp3) is 0.588. The molecule has 3 rings (SSSR count). The number of benzene rings is 1. The topological polar surface area (TPSA) is 48.0 Å². The number of ether oxygens (including phenoxy) is 3. The number of hydrogen-bond acceptors (Lipinski definition) is 4. The van der Waals surface area contributed by atoms with Gasteiger partial charge in [-0.15, -0.1) is 0 Å². The number of hydrogen-bond donors (Lipinski definition) is 0. The molecule has 0 spiro atoms. The number of carbonyl (C=O) groups is 1. The van der Waals surface area contributed by atoms with E-state index >= 15 is 0 Å². The van der Waals surface area contributed by atoms with E-state index in [1.807, 2.05) is 29.2 Å². The van der Waals surface area contributed by atoms with E-state index in [9.17, 15) is 4.79 Å². The Morgan fingerprint density at radius 1 is 1.27 bits per heavy atom. The Morgan fingerprint density at radius 2 is 2.05 bits per heavy atom. The standard InChI is InChI=1S/C17H23NO4/c1-20-15-8-4-5-9-16(15)22-12-17(19)18-10-11-21-14-7-3-2-6-13(14)18/h4-5,8-9,13-14H,2-3,6-7,10-12H2,1H3/t13-,14+/m1/s1. The fourth-order valence-electron chi connectivity index (χ4n) is 3.37. The third-order valence-corrected chi connectivity index (χ3v) is 4.47. The van der Waals surface area contributed by atoms with Gasteiger partial charge in [-0.2, -0.15) is 0 Å². The number of nitrogens with zero attached hydrogens (tertiary/aromatic N) is 1. The van der Waals surface area contributed by atoms with Crippen LogP contribution in [0.15, 0.2) is 24.3 Å². The van der Waals surface area contributed by atoms with E-state index < -0.39 is 0 Å². The molecule has 1 amide bonds. The van der Waals surface area contributed by atoms with Gasteiger partial charge in [-0.1, -0.05) is 25.0 Å². The van der Waals surface area contributed by atoms with Crippen LogP contribution >= 0.6 is 0 Å². The minimum atomic E-state index is 0.0334. The van der Waals surface area contributed by atoms with Crippen molar-refractivity contribution in [3.05, 3.63) is 24.3 Å². The summed E-state index contributed by atoms with van der Waals surface area (Å²) in [5.41, 5.74) is 0. The van der Waals surface area contributed by atoms with E-state index in [2.05, 4.69) is 0 Å². The number of methoxy groups -OCH3 is 1. The number of morpholine rings is 1. The molecule has 1 aromatic rings. The maximum absolute atomic E-state index is 12.5. The molecule has 0 radical (unpaired) electrons. The summed E-state index contributed by atoms with van der Waals surface area (Å²) in [5.74, 6) is 1.28. The van der Waals surface area contributed by atoms with Gasteiger partial charge in [0.05, 0.1) is 25.9 Å². The van der Waals surface area contributed by atoms with Crippen LogP contribution in [0.5, 0.6) is 11.5 Å². The van der Waals surface area contributed by atoms with Gasteiger partial charge >= 0.3 is 0 Å². The van der Waals surface area contributed by atoms with Gasteiger partial charge in [-0.25, -0.2) is 0 Å². The molecule has 2 aliphatic rings. The van der Waals surface area contributed by atoms with Crippen molar-refractivity contribution in [3.8, 4) is 11.5 Å². The van der Waals surface area contributed by atoms with Gasteiger partial charge in [0.15, 0.2) is 18.1 Å². The number of fused-ring (bicyclic) bond motifs is 1. The average molecular weight is 305 g/mol. The van der Waals surface area contributed by atoms with Crippen molar-refractivity contribution < 1.29 is 19.0 Å². The lowest BCUT2D eigenvalue weighted by Crippen LogP contribution is -2.55. The van der Waals surface area contributed by atoms with Crippen molar-refractivity contribution in [1.29, 1.82) is 0 Å². The van der Waals surface area contributed by atoms with Crippen molar-refractivity contribution >= 4 is 5.91 Å². The second-order valence-electron chi connectivity index (χ2n) is 5.79. The van der Waals surface area contributed by atoms with Crippen LogP contribution < -0.4 is 9.47 Å². The highest BCUT2D eigenvalue weighted by Crippen LogP contribution is 2.29. The molecule has 1 aliphatic carbocycles. The summed E-state index contributed by atoms with van der Waals surface area (Å²) >= 11 is 0. The zero-order valence-electron chi connectivity index (χ0n) is 13.0. The second-order valence-corrected chi connectivity index (χ2v) is 5.79. The van der Waals surface area contributed by atoms with E-state index in [-0.39, 0.29) is 24.7 Å². The first-order chi connectivity index (χ1) is 10.8.